The van der Waals surface area contributed by atoms with Crippen LogP contribution in [0.5, 0.6) is 0 Å². The highest BCUT2D eigenvalue weighted by atomic mass is 16.2. The van der Waals surface area contributed by atoms with Crippen molar-refractivity contribution in [3.63, 3.8) is 0 Å². The van der Waals surface area contributed by atoms with Gasteiger partial charge in [-0.1, -0.05) is 13.8 Å². The van der Waals surface area contributed by atoms with Crippen molar-refractivity contribution >= 4 is 11.8 Å². The van der Waals surface area contributed by atoms with Gasteiger partial charge in [0.1, 0.15) is 0 Å². The van der Waals surface area contributed by atoms with Crippen molar-refractivity contribution in [1.82, 2.24) is 15.1 Å². The van der Waals surface area contributed by atoms with Crippen molar-refractivity contribution in [2.45, 2.75) is 45.2 Å². The molecule has 2 amide bonds. The number of carbonyl (C=O) groups is 2. The molecular formula is C15H28N4O2. The van der Waals surface area contributed by atoms with Gasteiger partial charge < -0.3 is 16.0 Å². The van der Waals surface area contributed by atoms with Crippen LogP contribution in [0.15, 0.2) is 0 Å². The van der Waals surface area contributed by atoms with Crippen molar-refractivity contribution in [3.05, 3.63) is 0 Å². The van der Waals surface area contributed by atoms with Crippen molar-refractivity contribution in [2.75, 3.05) is 32.7 Å². The number of carbonyl (C=O) groups excluding carboxylic acids is 2. The minimum Gasteiger partial charge on any atom is -0.346 e. The summed E-state index contributed by atoms with van der Waals surface area (Å²) in [6.07, 6.45) is 3.42. The quantitative estimate of drug-likeness (QED) is 0.752. The number of hydrogen-bond acceptors (Lipinski definition) is 4. The van der Waals surface area contributed by atoms with Gasteiger partial charge in [0.05, 0.1) is 12.6 Å². The van der Waals surface area contributed by atoms with Crippen LogP contribution in [0.25, 0.3) is 0 Å². The third-order valence-electron chi connectivity index (χ3n) is 4.59. The number of fused-ring (bicyclic) bond motifs is 1. The summed E-state index contributed by atoms with van der Waals surface area (Å²) >= 11 is 0. The van der Waals surface area contributed by atoms with E-state index in [1.807, 2.05) is 18.7 Å². The fourth-order valence-electron chi connectivity index (χ4n) is 3.13. The first-order chi connectivity index (χ1) is 9.99. The van der Waals surface area contributed by atoms with Gasteiger partial charge in [0.15, 0.2) is 0 Å². The van der Waals surface area contributed by atoms with Gasteiger partial charge in [-0.05, 0) is 31.7 Å². The first-order valence-electron chi connectivity index (χ1n) is 8.04. The van der Waals surface area contributed by atoms with Crippen molar-refractivity contribution < 1.29 is 9.59 Å². The second kappa shape index (κ2) is 7.22. The van der Waals surface area contributed by atoms with Crippen LogP contribution in [0.1, 0.15) is 33.1 Å². The van der Waals surface area contributed by atoms with Crippen LogP contribution in [-0.4, -0.2) is 66.4 Å². The van der Waals surface area contributed by atoms with Gasteiger partial charge in [-0.15, -0.1) is 0 Å². The van der Waals surface area contributed by atoms with Gasteiger partial charge in [0, 0.05) is 25.7 Å². The molecule has 0 spiro atoms. The summed E-state index contributed by atoms with van der Waals surface area (Å²) in [5, 5.41) is 2.67. The van der Waals surface area contributed by atoms with E-state index >= 15 is 0 Å². The monoisotopic (exact) mass is 296 g/mol. The van der Waals surface area contributed by atoms with Crippen molar-refractivity contribution in [3.8, 4) is 0 Å². The van der Waals surface area contributed by atoms with Gasteiger partial charge in [-0.3, -0.25) is 14.5 Å². The Kier molecular flexibility index (Phi) is 5.58. The maximum atomic E-state index is 12.3. The highest BCUT2D eigenvalue weighted by Gasteiger charge is 2.30. The third kappa shape index (κ3) is 4.17. The van der Waals surface area contributed by atoms with Crippen molar-refractivity contribution in [1.29, 1.82) is 0 Å². The van der Waals surface area contributed by atoms with Crippen LogP contribution < -0.4 is 11.1 Å². The zero-order valence-electron chi connectivity index (χ0n) is 13.2. The average molecular weight is 296 g/mol. The molecule has 1 unspecified atom stereocenters. The third-order valence-corrected chi connectivity index (χ3v) is 4.59. The molecular weight excluding hydrogens is 268 g/mol. The Morgan fingerprint density at radius 2 is 1.95 bits per heavy atom. The van der Waals surface area contributed by atoms with E-state index < -0.39 is 6.04 Å². The lowest BCUT2D eigenvalue weighted by molar-refractivity contribution is -0.133. The van der Waals surface area contributed by atoms with E-state index in [0.717, 1.165) is 32.6 Å². The lowest BCUT2D eigenvalue weighted by Crippen LogP contribution is -2.49. The standard InChI is InChI=1S/C15H28N4O2/c1-11(2)14(16)15(21)17-9-13(20)19-8-4-7-18-6-3-5-12(18)10-19/h11-12,14H,3-10,16H2,1-2H3,(H,17,21)/t12?,14-/m0/s1. The number of nitrogens with zero attached hydrogens (tertiary/aromatic N) is 2. The van der Waals surface area contributed by atoms with Gasteiger partial charge in [-0.25, -0.2) is 0 Å². The van der Waals surface area contributed by atoms with E-state index in [0.29, 0.717) is 6.04 Å². The lowest BCUT2D eigenvalue weighted by Gasteiger charge is -2.26. The summed E-state index contributed by atoms with van der Waals surface area (Å²) in [6.45, 7) is 7.69. The fourth-order valence-corrected chi connectivity index (χ4v) is 3.13. The van der Waals surface area contributed by atoms with E-state index in [-0.39, 0.29) is 24.3 Å². The van der Waals surface area contributed by atoms with Gasteiger partial charge in [-0.2, -0.15) is 0 Å². The zero-order valence-corrected chi connectivity index (χ0v) is 13.2. The Balaban J connectivity index is 1.81. The average Bonchev–Trinajstić information content (AvgIpc) is 2.80. The van der Waals surface area contributed by atoms with Gasteiger partial charge in [0.25, 0.3) is 0 Å². The summed E-state index contributed by atoms with van der Waals surface area (Å²) in [4.78, 5) is 28.5. The fraction of sp³-hybridized carbons (Fsp3) is 0.867. The molecule has 120 valence electrons. The Morgan fingerprint density at radius 1 is 1.24 bits per heavy atom. The summed E-state index contributed by atoms with van der Waals surface area (Å²) < 4.78 is 0. The maximum Gasteiger partial charge on any atom is 0.242 e. The van der Waals surface area contributed by atoms with Gasteiger partial charge in [0.2, 0.25) is 11.8 Å². The SMILES string of the molecule is CC(C)[C@H](N)C(=O)NCC(=O)N1CCCN2CCCC2C1. The number of nitrogens with two attached hydrogens (primary N) is 1. The Morgan fingerprint density at radius 3 is 2.67 bits per heavy atom. The topological polar surface area (TPSA) is 78.7 Å². The predicted octanol–water partition coefficient (Wildman–Crippen LogP) is -0.217. The minimum atomic E-state index is -0.549. The number of hydrogen-bond donors (Lipinski definition) is 2. The van der Waals surface area contributed by atoms with Crippen LogP contribution in [0.4, 0.5) is 0 Å². The van der Waals surface area contributed by atoms with Crippen LogP contribution in [0.3, 0.4) is 0 Å². The minimum absolute atomic E-state index is 0.00746. The largest absolute Gasteiger partial charge is 0.346 e. The summed E-state index contributed by atoms with van der Waals surface area (Å²) in [5.74, 6) is -0.158. The number of amides is 2. The molecule has 0 aromatic rings. The molecule has 6 nitrogen and oxygen atoms in total. The van der Waals surface area contributed by atoms with Crippen LogP contribution in [0.2, 0.25) is 0 Å². The lowest BCUT2D eigenvalue weighted by atomic mass is 10.1. The van der Waals surface area contributed by atoms with Crippen LogP contribution in [-0.2, 0) is 9.59 Å². The molecule has 2 saturated heterocycles. The summed E-state index contributed by atoms with van der Waals surface area (Å²) in [5.41, 5.74) is 5.78. The molecule has 6 heteroatoms. The number of nitrogens with one attached hydrogen (secondary N) is 1. The first-order valence-corrected chi connectivity index (χ1v) is 8.04. The normalized spacial score (nSPS) is 24.6. The van der Waals surface area contributed by atoms with Gasteiger partial charge >= 0.3 is 0 Å². The molecule has 2 aliphatic heterocycles. The highest BCUT2D eigenvalue weighted by molar-refractivity contribution is 5.87. The van der Waals surface area contributed by atoms with Crippen LogP contribution in [0, 0.1) is 5.92 Å². The second-order valence-corrected chi connectivity index (χ2v) is 6.51. The molecule has 3 N–H and O–H groups in total. The molecule has 0 bridgehead atoms. The van der Waals surface area contributed by atoms with E-state index in [9.17, 15) is 9.59 Å². The summed E-state index contributed by atoms with van der Waals surface area (Å²) in [7, 11) is 0. The van der Waals surface area contributed by atoms with E-state index in [4.69, 9.17) is 5.73 Å². The molecule has 0 aromatic heterocycles. The molecule has 2 fully saturated rings. The van der Waals surface area contributed by atoms with E-state index in [2.05, 4.69) is 10.2 Å². The Hall–Kier alpha value is -1.14. The molecule has 2 heterocycles. The smallest absolute Gasteiger partial charge is 0.242 e. The predicted molar refractivity (Wildman–Crippen MR) is 81.6 cm³/mol. The molecule has 0 aliphatic carbocycles. The molecule has 2 atom stereocenters. The molecule has 0 aromatic carbocycles. The first kappa shape index (κ1) is 16.2. The Labute approximate surface area is 127 Å². The van der Waals surface area contributed by atoms with Crippen LogP contribution >= 0.6 is 0 Å². The Bertz CT molecular complexity index is 386. The molecule has 2 aliphatic rings. The summed E-state index contributed by atoms with van der Waals surface area (Å²) in [6, 6.07) is -0.0441. The zero-order chi connectivity index (χ0) is 15.4. The van der Waals surface area contributed by atoms with E-state index in [1.54, 1.807) is 0 Å². The highest BCUT2D eigenvalue weighted by Crippen LogP contribution is 2.21. The maximum absolute atomic E-state index is 12.3. The molecule has 21 heavy (non-hydrogen) atoms. The molecule has 0 saturated carbocycles. The van der Waals surface area contributed by atoms with Crippen molar-refractivity contribution in [2.24, 2.45) is 11.7 Å². The molecule has 0 radical (unpaired) electrons. The second-order valence-electron chi connectivity index (χ2n) is 6.51. The number of rotatable bonds is 4. The van der Waals surface area contributed by atoms with E-state index in [1.165, 1.54) is 12.8 Å². The molecule has 2 rings (SSSR count).